The van der Waals surface area contributed by atoms with E-state index in [4.69, 9.17) is 0 Å². The second kappa shape index (κ2) is 8.47. The molecule has 2 aromatic carbocycles. The summed E-state index contributed by atoms with van der Waals surface area (Å²) >= 11 is 3.42. The molecule has 0 radical (unpaired) electrons. The van der Waals surface area contributed by atoms with E-state index in [9.17, 15) is 9.18 Å². The Labute approximate surface area is 187 Å². The number of hydrogen-bond donors (Lipinski definition) is 1. The van der Waals surface area contributed by atoms with Crippen LogP contribution in [0.2, 0.25) is 0 Å². The molecule has 0 spiro atoms. The predicted octanol–water partition coefficient (Wildman–Crippen LogP) is 5.07. The van der Waals surface area contributed by atoms with E-state index >= 15 is 0 Å². The van der Waals surface area contributed by atoms with Crippen molar-refractivity contribution in [3.8, 4) is 11.4 Å². The third-order valence-electron chi connectivity index (χ3n) is 5.26. The summed E-state index contributed by atoms with van der Waals surface area (Å²) in [6, 6.07) is 13.6. The maximum atomic E-state index is 13.2. The van der Waals surface area contributed by atoms with Crippen molar-refractivity contribution in [1.29, 1.82) is 0 Å². The molecule has 2 aromatic heterocycles. The molecule has 6 nitrogen and oxygen atoms in total. The molecule has 1 N–H and O–H groups in total. The van der Waals surface area contributed by atoms with Crippen LogP contribution in [0, 0.1) is 19.7 Å². The number of rotatable bonds is 5. The highest BCUT2D eigenvalue weighted by Gasteiger charge is 2.20. The maximum Gasteiger partial charge on any atom is 0.255 e. The van der Waals surface area contributed by atoms with Crippen molar-refractivity contribution in [3.05, 3.63) is 93.7 Å². The maximum absolute atomic E-state index is 13.2. The second-order valence-corrected chi connectivity index (χ2v) is 8.22. The van der Waals surface area contributed by atoms with Gasteiger partial charge in [0, 0.05) is 15.7 Å². The first-order valence-electron chi connectivity index (χ1n) is 9.77. The van der Waals surface area contributed by atoms with Crippen LogP contribution < -0.4 is 5.32 Å². The van der Waals surface area contributed by atoms with Crippen LogP contribution in [0.5, 0.6) is 0 Å². The average Bonchev–Trinajstić information content (AvgIpc) is 3.32. The van der Waals surface area contributed by atoms with Gasteiger partial charge in [0.25, 0.3) is 5.91 Å². The van der Waals surface area contributed by atoms with Gasteiger partial charge in [0.05, 0.1) is 41.1 Å². The van der Waals surface area contributed by atoms with E-state index in [2.05, 4.69) is 31.4 Å². The summed E-state index contributed by atoms with van der Waals surface area (Å²) in [6.45, 7) is 5.70. The molecule has 1 unspecified atom stereocenters. The molecular formula is C23H21BrFN5O. The minimum Gasteiger partial charge on any atom is -0.345 e. The first-order chi connectivity index (χ1) is 14.8. The van der Waals surface area contributed by atoms with E-state index in [1.807, 2.05) is 45.0 Å². The molecule has 0 aliphatic rings. The fourth-order valence-corrected chi connectivity index (χ4v) is 3.78. The van der Waals surface area contributed by atoms with Crippen LogP contribution >= 0.6 is 15.9 Å². The van der Waals surface area contributed by atoms with Crippen molar-refractivity contribution in [1.82, 2.24) is 24.9 Å². The van der Waals surface area contributed by atoms with Crippen LogP contribution in [0.15, 0.2) is 65.4 Å². The van der Waals surface area contributed by atoms with Gasteiger partial charge in [-0.25, -0.2) is 13.8 Å². The van der Waals surface area contributed by atoms with Crippen LogP contribution in [0.1, 0.15) is 40.3 Å². The minimum atomic E-state index is -0.298. The third kappa shape index (κ3) is 4.16. The smallest absolute Gasteiger partial charge is 0.255 e. The summed E-state index contributed by atoms with van der Waals surface area (Å²) in [7, 11) is 0. The Bertz CT molecular complexity index is 1230. The molecule has 4 aromatic rings. The molecule has 1 amide bonds. The van der Waals surface area contributed by atoms with Crippen molar-refractivity contribution >= 4 is 21.8 Å². The number of nitrogens with zero attached hydrogens (tertiary/aromatic N) is 4. The van der Waals surface area contributed by atoms with Crippen LogP contribution in [-0.4, -0.2) is 25.5 Å². The Kier molecular flexibility index (Phi) is 5.73. The summed E-state index contributed by atoms with van der Waals surface area (Å²) < 4.78 is 17.7. The van der Waals surface area contributed by atoms with Crippen LogP contribution in [-0.2, 0) is 0 Å². The number of aromatic nitrogens is 4. The number of benzene rings is 2. The van der Waals surface area contributed by atoms with E-state index in [1.54, 1.807) is 33.9 Å². The summed E-state index contributed by atoms with van der Waals surface area (Å²) in [5, 5.41) is 11.8. The second-order valence-electron chi connectivity index (χ2n) is 7.30. The van der Waals surface area contributed by atoms with E-state index in [0.29, 0.717) is 5.56 Å². The van der Waals surface area contributed by atoms with Crippen LogP contribution in [0.4, 0.5) is 4.39 Å². The number of hydrogen-bond acceptors (Lipinski definition) is 3. The lowest BCUT2D eigenvalue weighted by Gasteiger charge is -2.14. The summed E-state index contributed by atoms with van der Waals surface area (Å²) in [5.41, 5.74) is 4.67. The van der Waals surface area contributed by atoms with E-state index in [0.717, 1.165) is 32.8 Å². The lowest BCUT2D eigenvalue weighted by molar-refractivity contribution is 0.0939. The number of halogens is 2. The van der Waals surface area contributed by atoms with Gasteiger partial charge in [-0.05, 0) is 69.3 Å². The molecule has 158 valence electrons. The Balaban J connectivity index is 1.53. The van der Waals surface area contributed by atoms with Gasteiger partial charge in [-0.1, -0.05) is 15.9 Å². The highest BCUT2D eigenvalue weighted by atomic mass is 79.9. The minimum absolute atomic E-state index is 0.206. The number of amides is 1. The molecule has 0 saturated heterocycles. The Morgan fingerprint density at radius 2 is 1.48 bits per heavy atom. The number of carbonyl (C=O) groups is 1. The predicted molar refractivity (Wildman–Crippen MR) is 120 cm³/mol. The summed E-state index contributed by atoms with van der Waals surface area (Å²) in [5.74, 6) is -0.504. The van der Waals surface area contributed by atoms with Gasteiger partial charge in [-0.15, -0.1) is 0 Å². The average molecular weight is 482 g/mol. The zero-order valence-corrected chi connectivity index (χ0v) is 18.9. The lowest BCUT2D eigenvalue weighted by atomic mass is 10.1. The largest absolute Gasteiger partial charge is 0.345 e. The quantitative estimate of drug-likeness (QED) is 0.432. The third-order valence-corrected chi connectivity index (χ3v) is 5.79. The molecule has 1 atom stereocenters. The Morgan fingerprint density at radius 3 is 2.13 bits per heavy atom. The topological polar surface area (TPSA) is 64.7 Å². The van der Waals surface area contributed by atoms with Crippen molar-refractivity contribution < 1.29 is 9.18 Å². The molecular weight excluding hydrogens is 461 g/mol. The highest BCUT2D eigenvalue weighted by molar-refractivity contribution is 9.10. The van der Waals surface area contributed by atoms with E-state index in [1.165, 1.54) is 12.1 Å². The van der Waals surface area contributed by atoms with Gasteiger partial charge >= 0.3 is 0 Å². The van der Waals surface area contributed by atoms with Crippen molar-refractivity contribution in [3.63, 3.8) is 0 Å². The van der Waals surface area contributed by atoms with Gasteiger partial charge in [0.1, 0.15) is 5.82 Å². The van der Waals surface area contributed by atoms with Gasteiger partial charge in [-0.2, -0.15) is 10.2 Å². The fourth-order valence-electron chi connectivity index (χ4n) is 3.52. The Hall–Kier alpha value is -3.26. The normalized spacial score (nSPS) is 12.0. The number of carbonyl (C=O) groups excluding carboxylic acids is 1. The SMILES string of the molecule is Cc1c(C(=O)NC(C)c2cnn(-c3ccc(F)cc3)c2C)cnn1-c1ccc(Br)cc1. The molecule has 0 saturated carbocycles. The van der Waals surface area contributed by atoms with Gasteiger partial charge in [0.2, 0.25) is 0 Å². The Morgan fingerprint density at radius 1 is 0.935 bits per heavy atom. The lowest BCUT2D eigenvalue weighted by Crippen LogP contribution is -2.27. The molecule has 2 heterocycles. The molecule has 0 aliphatic heterocycles. The molecule has 8 heteroatoms. The standard InChI is InChI=1S/C23H21BrFN5O/c1-14(21-12-26-29(15(21)2)20-10-6-18(25)7-11-20)28-23(31)22-13-27-30(16(22)3)19-8-4-17(24)5-9-19/h4-14H,1-3H3,(H,28,31). The van der Waals surface area contributed by atoms with Crippen molar-refractivity contribution in [2.45, 2.75) is 26.8 Å². The van der Waals surface area contributed by atoms with Crippen LogP contribution in [0.25, 0.3) is 11.4 Å². The first-order valence-corrected chi connectivity index (χ1v) is 10.6. The van der Waals surface area contributed by atoms with Crippen molar-refractivity contribution in [2.24, 2.45) is 0 Å². The van der Waals surface area contributed by atoms with Gasteiger partial charge in [-0.3, -0.25) is 4.79 Å². The molecule has 0 fully saturated rings. The first kappa shape index (κ1) is 21.0. The van der Waals surface area contributed by atoms with Crippen molar-refractivity contribution in [2.75, 3.05) is 0 Å². The highest BCUT2D eigenvalue weighted by Crippen LogP contribution is 2.22. The van der Waals surface area contributed by atoms with E-state index in [-0.39, 0.29) is 17.8 Å². The molecule has 4 rings (SSSR count). The molecule has 31 heavy (non-hydrogen) atoms. The van der Waals surface area contributed by atoms with Gasteiger partial charge < -0.3 is 5.32 Å². The van der Waals surface area contributed by atoms with Crippen LogP contribution in [0.3, 0.4) is 0 Å². The summed E-state index contributed by atoms with van der Waals surface area (Å²) in [4.78, 5) is 12.9. The fraction of sp³-hybridized carbons (Fsp3) is 0.174. The summed E-state index contributed by atoms with van der Waals surface area (Å²) in [6.07, 6.45) is 3.30. The zero-order chi connectivity index (χ0) is 22.1. The van der Waals surface area contributed by atoms with E-state index < -0.39 is 0 Å². The molecule has 0 aliphatic carbocycles. The van der Waals surface area contributed by atoms with Gasteiger partial charge in [0.15, 0.2) is 0 Å². The monoisotopic (exact) mass is 481 g/mol. The number of nitrogens with one attached hydrogen (secondary N) is 1. The zero-order valence-electron chi connectivity index (χ0n) is 17.3. The molecule has 0 bridgehead atoms.